The Balaban J connectivity index is 1.24. The molecule has 2 amide bonds. The first-order valence-corrected chi connectivity index (χ1v) is 17.7. The summed E-state index contributed by atoms with van der Waals surface area (Å²) in [6.45, 7) is 1.93. The van der Waals surface area contributed by atoms with Crippen LogP contribution in [0, 0.1) is 17.8 Å². The first-order chi connectivity index (χ1) is 25.7. The van der Waals surface area contributed by atoms with Gasteiger partial charge in [0.2, 0.25) is 11.8 Å². The topological polar surface area (TPSA) is 100.0 Å². The third kappa shape index (κ3) is 7.04. The van der Waals surface area contributed by atoms with Gasteiger partial charge in [0.05, 0.1) is 40.4 Å². The molecule has 2 aliphatic heterocycles. The van der Waals surface area contributed by atoms with Gasteiger partial charge in [-0.1, -0.05) is 55.3 Å². The maximum Gasteiger partial charge on any atom is 0.455 e. The molecule has 7 nitrogen and oxygen atoms in total. The number of aromatic nitrogens is 1. The van der Waals surface area contributed by atoms with Gasteiger partial charge in [0.15, 0.2) is 0 Å². The van der Waals surface area contributed by atoms with E-state index in [0.717, 1.165) is 27.7 Å². The van der Waals surface area contributed by atoms with Gasteiger partial charge in [-0.05, 0) is 102 Å². The molecular weight excluding hydrogens is 713 g/mol. The summed E-state index contributed by atoms with van der Waals surface area (Å²) in [6.07, 6.45) is -5.56. The van der Waals surface area contributed by atoms with Crippen molar-refractivity contribution in [1.29, 1.82) is 0 Å². The Kier molecular flexibility index (Phi) is 9.94. The molecule has 4 atom stereocenters. The predicted octanol–water partition coefficient (Wildman–Crippen LogP) is 9.10. The van der Waals surface area contributed by atoms with Crippen LogP contribution in [-0.2, 0) is 26.6 Å². The van der Waals surface area contributed by atoms with Gasteiger partial charge in [0, 0.05) is 11.6 Å². The number of amides is 2. The van der Waals surface area contributed by atoms with E-state index in [4.69, 9.17) is 4.65 Å². The lowest BCUT2D eigenvalue weighted by Crippen LogP contribution is -2.46. The van der Waals surface area contributed by atoms with Crippen molar-refractivity contribution in [2.24, 2.45) is 17.8 Å². The number of carbonyl (C=O) groups is 2. The number of benzene rings is 3. The van der Waals surface area contributed by atoms with Crippen LogP contribution in [0.1, 0.15) is 61.4 Å². The van der Waals surface area contributed by atoms with Crippen LogP contribution in [-0.4, -0.2) is 40.2 Å². The van der Waals surface area contributed by atoms with Gasteiger partial charge < -0.3 is 14.8 Å². The molecule has 3 aromatic carbocycles. The van der Waals surface area contributed by atoms with Gasteiger partial charge in [-0.3, -0.25) is 14.6 Å². The van der Waals surface area contributed by atoms with Gasteiger partial charge in [-0.25, -0.2) is 4.90 Å². The highest BCUT2D eigenvalue weighted by Crippen LogP contribution is 2.53. The van der Waals surface area contributed by atoms with Crippen molar-refractivity contribution in [2.45, 2.75) is 63.8 Å². The van der Waals surface area contributed by atoms with Crippen molar-refractivity contribution in [3.05, 3.63) is 113 Å². The monoisotopic (exact) mass is 748 g/mol. The minimum Gasteiger partial charge on any atom is -0.507 e. The zero-order valence-electron chi connectivity index (χ0n) is 29.0. The minimum atomic E-state index is -5.17. The standard InChI is InChI=1S/C40H35BF6N2O5/c1-2-7-24-17-30-36(38(52)49(37(30)51)27-19-25(39(42,43)44)18-26(20-27)40(45,46)47)31-21-41(53)54-34(35(24)31)14-12-23(32-10-5-6-15-48-32)16-22-11-13-33(50)29-9-4-3-8-28(22)29/h3-6,8-11,13,15-16,18-20,30-31,34,36,50,53H,2,7,12,14,17,21H2,1H3/b23-16-/t30-,31+,34-,36-/m1/s1. The van der Waals surface area contributed by atoms with E-state index in [1.54, 1.807) is 24.4 Å². The van der Waals surface area contributed by atoms with Crippen LogP contribution in [0.25, 0.3) is 22.4 Å². The number of nitrogens with zero attached hydrogens (tertiary/aromatic N) is 2. The Morgan fingerprint density at radius 3 is 2.26 bits per heavy atom. The van der Waals surface area contributed by atoms with Crippen LogP contribution < -0.4 is 4.90 Å². The number of aromatic hydroxyl groups is 1. The van der Waals surface area contributed by atoms with Crippen LogP contribution in [0.15, 0.2) is 90.1 Å². The number of carbonyl (C=O) groups excluding carboxylic acids is 2. The van der Waals surface area contributed by atoms with Crippen LogP contribution in [0.5, 0.6) is 5.75 Å². The van der Waals surface area contributed by atoms with Crippen molar-refractivity contribution in [3.8, 4) is 5.75 Å². The zero-order chi connectivity index (χ0) is 38.5. The molecule has 0 radical (unpaired) electrons. The Morgan fingerprint density at radius 1 is 0.926 bits per heavy atom. The average Bonchev–Trinajstić information content (AvgIpc) is 3.39. The summed E-state index contributed by atoms with van der Waals surface area (Å²) < 4.78 is 88.8. The van der Waals surface area contributed by atoms with Gasteiger partial charge >= 0.3 is 19.5 Å². The average molecular weight is 749 g/mol. The zero-order valence-corrected chi connectivity index (χ0v) is 29.0. The first-order valence-electron chi connectivity index (χ1n) is 17.7. The van der Waals surface area contributed by atoms with Crippen molar-refractivity contribution in [2.75, 3.05) is 4.90 Å². The first kappa shape index (κ1) is 37.4. The lowest BCUT2D eigenvalue weighted by molar-refractivity contribution is -0.143. The summed E-state index contributed by atoms with van der Waals surface area (Å²) in [5.74, 6) is -4.53. The van der Waals surface area contributed by atoms with E-state index in [1.165, 1.54) is 0 Å². The number of alkyl halides is 6. The van der Waals surface area contributed by atoms with Crippen molar-refractivity contribution < 1.29 is 50.7 Å². The molecule has 0 unspecified atom stereocenters. The summed E-state index contributed by atoms with van der Waals surface area (Å²) in [4.78, 5) is 33.1. The largest absolute Gasteiger partial charge is 0.507 e. The highest BCUT2D eigenvalue weighted by molar-refractivity contribution is 6.43. The van der Waals surface area contributed by atoms with Gasteiger partial charge in [0.25, 0.3) is 0 Å². The Bertz CT molecular complexity index is 2140. The fourth-order valence-corrected chi connectivity index (χ4v) is 8.36. The molecule has 2 saturated heterocycles. The molecule has 2 fully saturated rings. The van der Waals surface area contributed by atoms with E-state index in [-0.39, 0.29) is 24.6 Å². The van der Waals surface area contributed by atoms with Gasteiger partial charge in [0.1, 0.15) is 5.75 Å². The van der Waals surface area contributed by atoms with E-state index in [1.807, 2.05) is 49.4 Å². The quantitative estimate of drug-likeness (QED) is 0.0808. The minimum absolute atomic E-state index is 0.0438. The highest BCUT2D eigenvalue weighted by atomic mass is 19.4. The number of hydrogen-bond acceptors (Lipinski definition) is 6. The highest BCUT2D eigenvalue weighted by Gasteiger charge is 2.58. The number of phenolic OH excluding ortho intramolecular Hbond substituents is 1. The molecule has 2 N–H and O–H groups in total. The molecule has 54 heavy (non-hydrogen) atoms. The second-order valence-corrected chi connectivity index (χ2v) is 14.0. The van der Waals surface area contributed by atoms with Gasteiger partial charge in [-0.2, -0.15) is 26.3 Å². The number of allylic oxidation sites excluding steroid dienone is 2. The molecule has 0 bridgehead atoms. The number of hydrogen-bond donors (Lipinski definition) is 2. The van der Waals surface area contributed by atoms with Crippen LogP contribution in [0.4, 0.5) is 32.0 Å². The molecule has 3 aliphatic rings. The lowest BCUT2D eigenvalue weighted by atomic mass is 9.58. The molecule has 0 spiro atoms. The van der Waals surface area contributed by atoms with Crippen LogP contribution >= 0.6 is 0 Å². The lowest BCUT2D eigenvalue weighted by Gasteiger charge is -2.43. The number of rotatable bonds is 8. The Morgan fingerprint density at radius 2 is 1.61 bits per heavy atom. The third-order valence-electron chi connectivity index (χ3n) is 10.6. The number of anilines is 1. The summed E-state index contributed by atoms with van der Waals surface area (Å²) in [5, 5.41) is 23.0. The van der Waals surface area contributed by atoms with E-state index in [0.29, 0.717) is 53.8 Å². The number of halogens is 6. The van der Waals surface area contributed by atoms with E-state index < -0.39 is 72.0 Å². The molecule has 14 heteroatoms. The molecule has 1 aromatic heterocycles. The fourth-order valence-electron chi connectivity index (χ4n) is 8.36. The number of imide groups is 1. The van der Waals surface area contributed by atoms with E-state index in [2.05, 4.69) is 4.98 Å². The second kappa shape index (κ2) is 14.4. The Labute approximate surface area is 307 Å². The van der Waals surface area contributed by atoms with Gasteiger partial charge in [-0.15, -0.1) is 0 Å². The summed E-state index contributed by atoms with van der Waals surface area (Å²) in [5.41, 5.74) is -0.161. The predicted molar refractivity (Wildman–Crippen MR) is 191 cm³/mol. The molecule has 280 valence electrons. The number of pyridine rings is 1. The smallest absolute Gasteiger partial charge is 0.455 e. The number of phenols is 1. The number of fused-ring (bicyclic) bond motifs is 4. The molecule has 3 heterocycles. The van der Waals surface area contributed by atoms with E-state index >= 15 is 0 Å². The molecule has 1 aliphatic carbocycles. The third-order valence-corrected chi connectivity index (χ3v) is 10.6. The molecule has 4 aromatic rings. The summed E-state index contributed by atoms with van der Waals surface area (Å²) in [7, 11) is -1.35. The van der Waals surface area contributed by atoms with Crippen LogP contribution in [0.3, 0.4) is 0 Å². The van der Waals surface area contributed by atoms with Crippen molar-refractivity contribution in [1.82, 2.24) is 4.98 Å². The maximum absolute atomic E-state index is 14.2. The fraction of sp³-hybridized carbons (Fsp3) is 0.325. The van der Waals surface area contributed by atoms with Crippen molar-refractivity contribution >= 4 is 47.0 Å². The Hall–Kier alpha value is -4.95. The summed E-state index contributed by atoms with van der Waals surface area (Å²) >= 11 is 0. The SMILES string of the molecule is CCCC1=C2[C@@H](CC/C(=C/c3ccc(O)c4ccccc34)c3ccccn3)OB(O)C[C@@H]2[C@@H]2C(=O)N(c3cc(C(F)(F)F)cc(C(F)(F)F)c3)C(=O)[C@@H]2C1. The second-order valence-electron chi connectivity index (χ2n) is 14.0. The maximum atomic E-state index is 14.2. The van der Waals surface area contributed by atoms with Crippen LogP contribution in [0.2, 0.25) is 6.32 Å². The van der Waals surface area contributed by atoms with E-state index in [9.17, 15) is 46.1 Å². The normalized spacial score (nSPS) is 22.3. The molecule has 0 saturated carbocycles. The molecule has 7 rings (SSSR count). The summed E-state index contributed by atoms with van der Waals surface area (Å²) in [6, 6.07) is 17.1. The molecular formula is C40H35BF6N2O5. The van der Waals surface area contributed by atoms with Crippen molar-refractivity contribution in [3.63, 3.8) is 0 Å².